The number of hydrogen-bond donors (Lipinski definition) is 0. The van der Waals surface area contributed by atoms with Crippen LogP contribution in [-0.2, 0) is 9.16 Å². The molecular formula is C9H18O2Si. The molecular weight excluding hydrogens is 168 g/mol. The first kappa shape index (κ1) is 9.64. The van der Waals surface area contributed by atoms with E-state index in [1.807, 2.05) is 0 Å². The van der Waals surface area contributed by atoms with Gasteiger partial charge in [-0.25, -0.2) is 0 Å². The highest BCUT2D eigenvalue weighted by atomic mass is 28.4. The van der Waals surface area contributed by atoms with Gasteiger partial charge in [0, 0.05) is 5.57 Å². The van der Waals surface area contributed by atoms with E-state index in [2.05, 4.69) is 19.6 Å². The SMILES string of the molecule is COC(O[Si](C)(C)C)=C1CCC1. The first-order chi connectivity index (χ1) is 5.53. The van der Waals surface area contributed by atoms with Crippen molar-refractivity contribution in [1.29, 1.82) is 0 Å². The molecule has 0 radical (unpaired) electrons. The summed E-state index contributed by atoms with van der Waals surface area (Å²) in [6.45, 7) is 6.52. The molecule has 3 heteroatoms. The topological polar surface area (TPSA) is 18.5 Å². The lowest BCUT2D eigenvalue weighted by molar-refractivity contribution is 0.135. The van der Waals surface area contributed by atoms with E-state index in [0.717, 1.165) is 18.8 Å². The fraction of sp³-hybridized carbons (Fsp3) is 0.778. The molecule has 70 valence electrons. The average molecular weight is 186 g/mol. The smallest absolute Gasteiger partial charge is 0.264 e. The van der Waals surface area contributed by atoms with Gasteiger partial charge in [-0.3, -0.25) is 0 Å². The maximum absolute atomic E-state index is 5.79. The first-order valence-corrected chi connectivity index (χ1v) is 7.89. The molecule has 0 saturated heterocycles. The summed E-state index contributed by atoms with van der Waals surface area (Å²) in [6.07, 6.45) is 3.61. The molecule has 12 heavy (non-hydrogen) atoms. The Labute approximate surface area is 75.7 Å². The molecule has 0 aromatic rings. The lowest BCUT2D eigenvalue weighted by Gasteiger charge is -2.26. The predicted molar refractivity (Wildman–Crippen MR) is 52.3 cm³/mol. The molecule has 2 nitrogen and oxygen atoms in total. The molecule has 1 saturated carbocycles. The van der Waals surface area contributed by atoms with Crippen molar-refractivity contribution in [3.63, 3.8) is 0 Å². The quantitative estimate of drug-likeness (QED) is 0.498. The molecule has 0 aromatic carbocycles. The largest absolute Gasteiger partial charge is 0.520 e. The van der Waals surface area contributed by atoms with Crippen molar-refractivity contribution in [2.75, 3.05) is 7.11 Å². The minimum absolute atomic E-state index is 0.806. The summed E-state index contributed by atoms with van der Waals surface area (Å²) in [5.41, 5.74) is 1.36. The molecule has 0 spiro atoms. The molecule has 0 atom stereocenters. The van der Waals surface area contributed by atoms with Gasteiger partial charge in [0.25, 0.3) is 5.95 Å². The summed E-state index contributed by atoms with van der Waals surface area (Å²) in [4.78, 5) is 0. The molecule has 1 aliphatic rings. The highest BCUT2D eigenvalue weighted by Crippen LogP contribution is 2.30. The van der Waals surface area contributed by atoms with Crippen LogP contribution >= 0.6 is 0 Å². The Bertz CT molecular complexity index is 185. The fourth-order valence-electron chi connectivity index (χ4n) is 1.09. The van der Waals surface area contributed by atoms with Gasteiger partial charge in [0.1, 0.15) is 0 Å². The minimum Gasteiger partial charge on any atom is -0.520 e. The van der Waals surface area contributed by atoms with Crippen molar-refractivity contribution >= 4 is 8.32 Å². The fourth-order valence-corrected chi connectivity index (χ4v) is 1.88. The van der Waals surface area contributed by atoms with Crippen LogP contribution in [-0.4, -0.2) is 15.4 Å². The summed E-state index contributed by atoms with van der Waals surface area (Å²) in [6, 6.07) is 0. The van der Waals surface area contributed by atoms with Crippen LogP contribution in [0.3, 0.4) is 0 Å². The second-order valence-electron chi connectivity index (χ2n) is 4.16. The molecule has 0 unspecified atom stereocenters. The van der Waals surface area contributed by atoms with Gasteiger partial charge in [0.2, 0.25) is 8.32 Å². The van der Waals surface area contributed by atoms with E-state index in [0.29, 0.717) is 0 Å². The second kappa shape index (κ2) is 3.52. The number of allylic oxidation sites excluding steroid dienone is 1. The van der Waals surface area contributed by atoms with Gasteiger partial charge in [0.05, 0.1) is 7.11 Å². The van der Waals surface area contributed by atoms with Crippen molar-refractivity contribution in [3.8, 4) is 0 Å². The van der Waals surface area contributed by atoms with Gasteiger partial charge in [-0.2, -0.15) is 0 Å². The van der Waals surface area contributed by atoms with E-state index >= 15 is 0 Å². The van der Waals surface area contributed by atoms with Gasteiger partial charge in [-0.1, -0.05) is 0 Å². The number of ether oxygens (including phenoxy) is 1. The molecule has 0 N–H and O–H groups in total. The van der Waals surface area contributed by atoms with E-state index in [9.17, 15) is 0 Å². The molecule has 1 fully saturated rings. The summed E-state index contributed by atoms with van der Waals surface area (Å²) in [5.74, 6) is 0.806. The van der Waals surface area contributed by atoms with Gasteiger partial charge in [0.15, 0.2) is 0 Å². The van der Waals surface area contributed by atoms with Crippen LogP contribution in [0.5, 0.6) is 0 Å². The standard InChI is InChI=1S/C9H18O2Si/c1-10-9(8-6-5-7-8)11-12(2,3)4/h5-7H2,1-4H3. The Morgan fingerprint density at radius 2 is 1.83 bits per heavy atom. The van der Waals surface area contributed by atoms with Crippen LogP contribution in [0, 0.1) is 0 Å². The number of hydrogen-bond acceptors (Lipinski definition) is 2. The van der Waals surface area contributed by atoms with Gasteiger partial charge >= 0.3 is 0 Å². The monoisotopic (exact) mass is 186 g/mol. The van der Waals surface area contributed by atoms with Crippen LogP contribution < -0.4 is 0 Å². The van der Waals surface area contributed by atoms with Crippen molar-refractivity contribution in [2.24, 2.45) is 0 Å². The Balaban J connectivity index is 2.57. The molecule has 1 aliphatic carbocycles. The zero-order valence-corrected chi connectivity index (χ0v) is 9.44. The lowest BCUT2D eigenvalue weighted by Crippen LogP contribution is -2.26. The van der Waals surface area contributed by atoms with E-state index in [1.54, 1.807) is 7.11 Å². The van der Waals surface area contributed by atoms with Gasteiger partial charge < -0.3 is 9.16 Å². The molecule has 0 aromatic heterocycles. The third-order valence-corrected chi connectivity index (χ3v) is 2.63. The summed E-state index contributed by atoms with van der Waals surface area (Å²) in [7, 11) is 0.226. The van der Waals surface area contributed by atoms with Crippen LogP contribution in [0.1, 0.15) is 19.3 Å². The highest BCUT2D eigenvalue weighted by Gasteiger charge is 2.23. The first-order valence-electron chi connectivity index (χ1n) is 4.48. The predicted octanol–water partition coefficient (Wildman–Crippen LogP) is 2.88. The second-order valence-corrected chi connectivity index (χ2v) is 8.59. The Hall–Kier alpha value is -0.443. The van der Waals surface area contributed by atoms with E-state index in [4.69, 9.17) is 9.16 Å². The van der Waals surface area contributed by atoms with Gasteiger partial charge in [-0.15, -0.1) is 0 Å². The van der Waals surface area contributed by atoms with E-state index in [1.165, 1.54) is 12.0 Å². The zero-order valence-electron chi connectivity index (χ0n) is 8.44. The van der Waals surface area contributed by atoms with Crippen LogP contribution in [0.4, 0.5) is 0 Å². The molecule has 1 rings (SSSR count). The summed E-state index contributed by atoms with van der Waals surface area (Å²) < 4.78 is 11.0. The molecule has 0 heterocycles. The van der Waals surface area contributed by atoms with Crippen molar-refractivity contribution in [1.82, 2.24) is 0 Å². The van der Waals surface area contributed by atoms with E-state index in [-0.39, 0.29) is 0 Å². The minimum atomic E-state index is -1.47. The Morgan fingerprint density at radius 1 is 1.25 bits per heavy atom. The number of methoxy groups -OCH3 is 1. The summed E-state index contributed by atoms with van der Waals surface area (Å²) >= 11 is 0. The van der Waals surface area contributed by atoms with Crippen molar-refractivity contribution in [2.45, 2.75) is 38.9 Å². The molecule has 0 aliphatic heterocycles. The Morgan fingerprint density at radius 3 is 2.08 bits per heavy atom. The normalized spacial score (nSPS) is 16.8. The molecule has 0 amide bonds. The lowest BCUT2D eigenvalue weighted by atomic mass is 9.93. The maximum Gasteiger partial charge on any atom is 0.264 e. The summed E-state index contributed by atoms with van der Waals surface area (Å²) in [5, 5.41) is 0. The van der Waals surface area contributed by atoms with Crippen molar-refractivity contribution < 1.29 is 9.16 Å². The van der Waals surface area contributed by atoms with Crippen LogP contribution in [0.2, 0.25) is 19.6 Å². The van der Waals surface area contributed by atoms with Crippen LogP contribution in [0.15, 0.2) is 11.5 Å². The highest BCUT2D eigenvalue weighted by molar-refractivity contribution is 6.70. The average Bonchev–Trinajstić information content (AvgIpc) is 1.79. The third kappa shape index (κ3) is 2.55. The number of rotatable bonds is 3. The third-order valence-electron chi connectivity index (χ3n) is 1.83. The molecule has 0 bridgehead atoms. The van der Waals surface area contributed by atoms with Crippen LogP contribution in [0.25, 0.3) is 0 Å². The Kier molecular flexibility index (Phi) is 2.83. The van der Waals surface area contributed by atoms with Gasteiger partial charge in [-0.05, 0) is 38.9 Å². The van der Waals surface area contributed by atoms with E-state index < -0.39 is 8.32 Å². The maximum atomic E-state index is 5.79. The van der Waals surface area contributed by atoms with Crippen molar-refractivity contribution in [3.05, 3.63) is 11.5 Å². The zero-order chi connectivity index (χ0) is 9.19.